The average Bonchev–Trinajstić information content (AvgIpc) is 3.68. The number of carbonyl (C=O) groups excluding carboxylic acids is 3. The Morgan fingerprint density at radius 3 is 1.91 bits per heavy atom. The molecule has 1 aromatic rings. The number of methoxy groups -OCH3 is 1. The Morgan fingerprint density at radius 2 is 1.59 bits per heavy atom. The molecule has 0 spiro atoms. The fourth-order valence-electron chi connectivity index (χ4n) is 1.60. The van der Waals surface area contributed by atoms with E-state index >= 15 is 0 Å². The molecule has 0 aromatic heterocycles. The van der Waals surface area contributed by atoms with Gasteiger partial charge >= 0.3 is 17.9 Å². The Labute approximate surface area is 203 Å². The van der Waals surface area contributed by atoms with E-state index < -0.39 is 0 Å². The van der Waals surface area contributed by atoms with Gasteiger partial charge in [0, 0.05) is 17.2 Å². The monoisotopic (exact) mass is 474 g/mol. The van der Waals surface area contributed by atoms with Gasteiger partial charge in [-0.2, -0.15) is 0 Å². The van der Waals surface area contributed by atoms with Crippen LogP contribution in [0, 0.1) is 0 Å². The van der Waals surface area contributed by atoms with Crippen LogP contribution in [0.4, 0.5) is 0 Å². The van der Waals surface area contributed by atoms with Gasteiger partial charge in [-0.25, -0.2) is 14.4 Å². The maximum absolute atomic E-state index is 10.7. The molecule has 7 nitrogen and oxygen atoms in total. The first-order chi connectivity index (χ1) is 16.1. The van der Waals surface area contributed by atoms with Crippen molar-refractivity contribution < 1.29 is 33.3 Å². The lowest BCUT2D eigenvalue weighted by atomic mass is 10.2. The normalized spacial score (nSPS) is 12.3. The smallest absolute Gasteiger partial charge is 0.333 e. The number of carbonyl (C=O) groups is 3. The second kappa shape index (κ2) is 21.4. The predicted molar refractivity (Wildman–Crippen MR) is 135 cm³/mol. The van der Waals surface area contributed by atoms with Crippen LogP contribution in [-0.4, -0.2) is 50.9 Å². The molecule has 1 unspecified atom stereocenters. The highest BCUT2D eigenvalue weighted by Gasteiger charge is 2.24. The van der Waals surface area contributed by atoms with Crippen LogP contribution in [0.3, 0.4) is 0 Å². The van der Waals surface area contributed by atoms with Crippen LogP contribution >= 0.6 is 0 Å². The number of epoxide rings is 1. The minimum Gasteiger partial charge on any atom is -0.466 e. The first kappa shape index (κ1) is 32.7. The molecule has 1 saturated heterocycles. The van der Waals surface area contributed by atoms with Crippen molar-refractivity contribution >= 4 is 24.0 Å². The van der Waals surface area contributed by atoms with E-state index in [0.29, 0.717) is 31.0 Å². The Hall–Kier alpha value is -3.45. The van der Waals surface area contributed by atoms with E-state index in [1.165, 1.54) is 18.7 Å². The number of hydrogen-bond donors (Lipinski definition) is 0. The van der Waals surface area contributed by atoms with Crippen molar-refractivity contribution in [1.29, 1.82) is 0 Å². The highest BCUT2D eigenvalue weighted by molar-refractivity contribution is 5.87. The van der Waals surface area contributed by atoms with E-state index in [1.54, 1.807) is 13.8 Å². The zero-order valence-corrected chi connectivity index (χ0v) is 20.8. The molecule has 0 amide bonds. The van der Waals surface area contributed by atoms with Crippen LogP contribution in [0.25, 0.3) is 6.08 Å². The minimum atomic E-state index is -0.347. The van der Waals surface area contributed by atoms with Crippen LogP contribution in [0.5, 0.6) is 0 Å². The number of unbranched alkanes of at least 4 members (excludes halogenated alkanes) is 1. The third kappa shape index (κ3) is 21.8. The summed E-state index contributed by atoms with van der Waals surface area (Å²) in [5.41, 5.74) is 2.04. The first-order valence-corrected chi connectivity index (χ1v) is 10.8. The molecule has 1 aliphatic heterocycles. The van der Waals surface area contributed by atoms with Gasteiger partial charge in [-0.05, 0) is 25.8 Å². The van der Waals surface area contributed by atoms with E-state index in [-0.39, 0.29) is 24.0 Å². The Bertz CT molecular complexity index is 777. The topological polar surface area (TPSA) is 91.4 Å². The van der Waals surface area contributed by atoms with Crippen molar-refractivity contribution in [2.45, 2.75) is 39.7 Å². The molecule has 1 aliphatic rings. The molecule has 0 saturated carbocycles. The summed E-state index contributed by atoms with van der Waals surface area (Å²) in [4.78, 5) is 31.2. The van der Waals surface area contributed by atoms with Crippen molar-refractivity contribution in [1.82, 2.24) is 0 Å². The van der Waals surface area contributed by atoms with Gasteiger partial charge in [0.05, 0.1) is 20.3 Å². The zero-order valence-electron chi connectivity index (χ0n) is 20.8. The molecule has 34 heavy (non-hydrogen) atoms. The van der Waals surface area contributed by atoms with Gasteiger partial charge in [0.25, 0.3) is 0 Å². The lowest BCUT2D eigenvalue weighted by Crippen LogP contribution is -2.09. The standard InChI is InChI=1S/C8H8.C7H10O3.C7H12O2.C5H8O2/c1-2-8-6-4-3-5-7-8;1-5(2)7(8)10-4-6-3-9-6;1-3-5-6-9-7(8)4-2;1-4(2)5(6)7-3/h2-7H,1H2;6H,1,3-4H2,2H3;4H,2-3,5-6H2,1H3;1H2,2-3H3. The SMILES string of the molecule is C=C(C)C(=O)OC.C=C(C)C(=O)OCC1CO1.C=CC(=O)OCCCC.C=Cc1ccccc1. The molecule has 0 radical (unpaired) electrons. The summed E-state index contributed by atoms with van der Waals surface area (Å²) in [6.45, 7) is 20.5. The van der Waals surface area contributed by atoms with Gasteiger partial charge in [-0.15, -0.1) is 0 Å². The van der Waals surface area contributed by atoms with Gasteiger partial charge < -0.3 is 18.9 Å². The summed E-state index contributed by atoms with van der Waals surface area (Å²) in [6.07, 6.45) is 5.13. The fourth-order valence-corrected chi connectivity index (χ4v) is 1.60. The Morgan fingerprint density at radius 1 is 1.03 bits per heavy atom. The Kier molecular flexibility index (Phi) is 20.6. The number of ether oxygens (including phenoxy) is 4. The average molecular weight is 475 g/mol. The van der Waals surface area contributed by atoms with Crippen LogP contribution in [0.2, 0.25) is 0 Å². The number of esters is 3. The van der Waals surface area contributed by atoms with Crippen molar-refractivity contribution in [3.8, 4) is 0 Å². The molecular weight excluding hydrogens is 436 g/mol. The highest BCUT2D eigenvalue weighted by Crippen LogP contribution is 2.09. The Balaban J connectivity index is 0. The molecule has 0 bridgehead atoms. The number of rotatable bonds is 9. The molecule has 0 N–H and O–H groups in total. The third-order valence-electron chi connectivity index (χ3n) is 3.63. The molecule has 1 fully saturated rings. The van der Waals surface area contributed by atoms with Gasteiger partial charge in [0.15, 0.2) is 0 Å². The summed E-state index contributed by atoms with van der Waals surface area (Å²) in [7, 11) is 1.33. The van der Waals surface area contributed by atoms with Crippen molar-refractivity contribution in [3.05, 3.63) is 79.4 Å². The maximum atomic E-state index is 10.7. The van der Waals surface area contributed by atoms with Crippen LogP contribution in [0.15, 0.2) is 73.9 Å². The van der Waals surface area contributed by atoms with E-state index in [9.17, 15) is 14.4 Å². The maximum Gasteiger partial charge on any atom is 0.333 e. The van der Waals surface area contributed by atoms with Crippen LogP contribution < -0.4 is 0 Å². The summed E-state index contributed by atoms with van der Waals surface area (Å²) in [5.74, 6) is -1.01. The van der Waals surface area contributed by atoms with Gasteiger partial charge in [0.1, 0.15) is 12.7 Å². The van der Waals surface area contributed by atoms with Crippen LogP contribution in [-0.2, 0) is 33.3 Å². The van der Waals surface area contributed by atoms with E-state index in [2.05, 4.69) is 35.8 Å². The van der Waals surface area contributed by atoms with E-state index in [4.69, 9.17) is 9.47 Å². The fraction of sp³-hybridized carbons (Fsp3) is 0.370. The lowest BCUT2D eigenvalue weighted by molar-refractivity contribution is -0.139. The van der Waals surface area contributed by atoms with Crippen LogP contribution in [0.1, 0.15) is 39.2 Å². The first-order valence-electron chi connectivity index (χ1n) is 10.8. The van der Waals surface area contributed by atoms with Crippen molar-refractivity contribution in [3.63, 3.8) is 0 Å². The number of benzene rings is 1. The quantitative estimate of drug-likeness (QED) is 0.162. The largest absolute Gasteiger partial charge is 0.466 e. The second-order valence-corrected chi connectivity index (χ2v) is 6.95. The lowest BCUT2D eigenvalue weighted by Gasteiger charge is -1.99. The van der Waals surface area contributed by atoms with Crippen molar-refractivity contribution in [2.24, 2.45) is 0 Å². The van der Waals surface area contributed by atoms with E-state index in [0.717, 1.165) is 12.8 Å². The molecule has 188 valence electrons. The second-order valence-electron chi connectivity index (χ2n) is 6.95. The van der Waals surface area contributed by atoms with Gasteiger partial charge in [-0.1, -0.05) is 76.1 Å². The summed E-state index contributed by atoms with van der Waals surface area (Å²) in [5, 5.41) is 0. The molecule has 2 rings (SSSR count). The zero-order chi connectivity index (χ0) is 26.4. The third-order valence-corrected chi connectivity index (χ3v) is 3.63. The molecule has 7 heteroatoms. The summed E-state index contributed by atoms with van der Waals surface area (Å²) in [6, 6.07) is 10.0. The molecule has 1 aromatic carbocycles. The van der Waals surface area contributed by atoms with Gasteiger partial charge in [-0.3, -0.25) is 0 Å². The van der Waals surface area contributed by atoms with Crippen molar-refractivity contribution in [2.75, 3.05) is 26.9 Å². The van der Waals surface area contributed by atoms with E-state index in [1.807, 2.05) is 43.3 Å². The number of hydrogen-bond acceptors (Lipinski definition) is 7. The predicted octanol–water partition coefficient (Wildman–Crippen LogP) is 5.09. The minimum absolute atomic E-state index is 0.142. The highest BCUT2D eigenvalue weighted by atomic mass is 16.6. The van der Waals surface area contributed by atoms with Gasteiger partial charge in [0.2, 0.25) is 0 Å². The molecule has 1 heterocycles. The summed E-state index contributed by atoms with van der Waals surface area (Å²) >= 11 is 0. The molecular formula is C27H38O7. The molecule has 0 aliphatic carbocycles. The summed E-state index contributed by atoms with van der Waals surface area (Å²) < 4.78 is 18.5. The molecule has 1 atom stereocenters.